The van der Waals surface area contributed by atoms with Crippen LogP contribution in [0.5, 0.6) is 0 Å². The second-order valence-electron chi connectivity index (χ2n) is 7.90. The molecule has 1 unspecified atom stereocenters. The maximum absolute atomic E-state index is 13.0. The molecule has 0 aliphatic carbocycles. The number of unbranched alkanes of at least 4 members (excludes halogenated alkanes) is 9. The van der Waals surface area contributed by atoms with Crippen molar-refractivity contribution in [2.24, 2.45) is 0 Å². The Morgan fingerprint density at radius 1 is 0.724 bits per heavy atom. The third kappa shape index (κ3) is 13.0. The Kier molecular flexibility index (Phi) is 13.8. The van der Waals surface area contributed by atoms with Gasteiger partial charge in [0, 0.05) is 6.42 Å². The largest absolute Gasteiger partial charge is 0.481 e. The number of carboxylic acids is 2. The van der Waals surface area contributed by atoms with Gasteiger partial charge in [0.2, 0.25) is 0 Å². The van der Waals surface area contributed by atoms with E-state index in [1.807, 2.05) is 0 Å². The Bertz CT molecular complexity index is 588. The molecule has 0 amide bonds. The van der Waals surface area contributed by atoms with Crippen molar-refractivity contribution >= 4 is 11.9 Å². The van der Waals surface area contributed by atoms with E-state index < -0.39 is 18.1 Å². The van der Waals surface area contributed by atoms with Crippen LogP contribution in [-0.4, -0.2) is 28.3 Å². The molecular formula is C24H37FO4. The molecule has 2 N–H and O–H groups in total. The molecule has 29 heavy (non-hydrogen) atoms. The average Bonchev–Trinajstić information content (AvgIpc) is 2.69. The second-order valence-corrected chi connectivity index (χ2v) is 7.90. The van der Waals surface area contributed by atoms with Crippen LogP contribution < -0.4 is 0 Å². The van der Waals surface area contributed by atoms with Crippen molar-refractivity contribution in [3.05, 3.63) is 35.4 Å². The number of aliphatic carboxylic acids is 2. The summed E-state index contributed by atoms with van der Waals surface area (Å²) in [4.78, 5) is 20.9. The van der Waals surface area contributed by atoms with Gasteiger partial charge in [0.05, 0.1) is 0 Å². The van der Waals surface area contributed by atoms with Crippen molar-refractivity contribution < 1.29 is 24.2 Å². The molecule has 1 aromatic rings. The van der Waals surface area contributed by atoms with E-state index in [1.54, 1.807) is 0 Å². The fourth-order valence-electron chi connectivity index (χ4n) is 3.64. The molecule has 1 aromatic carbocycles. The zero-order valence-corrected chi connectivity index (χ0v) is 17.6. The van der Waals surface area contributed by atoms with Gasteiger partial charge in [0.1, 0.15) is 0 Å². The van der Waals surface area contributed by atoms with Gasteiger partial charge in [-0.05, 0) is 56.1 Å². The van der Waals surface area contributed by atoms with Crippen molar-refractivity contribution in [1.82, 2.24) is 0 Å². The lowest BCUT2D eigenvalue weighted by molar-refractivity contribution is -0.143. The van der Waals surface area contributed by atoms with E-state index in [2.05, 4.69) is 24.3 Å². The minimum absolute atomic E-state index is 0.123. The maximum atomic E-state index is 13.0. The molecule has 0 radical (unpaired) electrons. The monoisotopic (exact) mass is 408 g/mol. The number of hydrogen-bond donors (Lipinski definition) is 2. The molecule has 0 spiro atoms. The Morgan fingerprint density at radius 3 is 1.66 bits per heavy atom. The van der Waals surface area contributed by atoms with Gasteiger partial charge in [-0.15, -0.1) is 0 Å². The Hall–Kier alpha value is -1.91. The molecule has 0 fully saturated rings. The molecule has 0 aliphatic heterocycles. The number of alkyl halides is 1. The lowest BCUT2D eigenvalue weighted by Gasteiger charge is -2.10. The standard InChI is InChI=1S/C24H37FO4/c25-22(24(28)29)18-10-6-3-5-9-15-21-17-13-12-16-20(21)14-8-4-1-2-7-11-19-23(26)27/h12-13,16-17,22H,1-11,14-15,18-19H2,(H,26,27)(H,28,29). The summed E-state index contributed by atoms with van der Waals surface area (Å²) in [6.07, 6.45) is 12.0. The van der Waals surface area contributed by atoms with Crippen molar-refractivity contribution in [3.63, 3.8) is 0 Å². The summed E-state index contributed by atoms with van der Waals surface area (Å²) >= 11 is 0. The summed E-state index contributed by atoms with van der Waals surface area (Å²) in [6, 6.07) is 8.62. The molecule has 0 saturated carbocycles. The smallest absolute Gasteiger partial charge is 0.338 e. The van der Waals surface area contributed by atoms with Gasteiger partial charge >= 0.3 is 11.9 Å². The predicted molar refractivity (Wildman–Crippen MR) is 114 cm³/mol. The molecule has 5 heteroatoms. The van der Waals surface area contributed by atoms with Gasteiger partial charge in [-0.25, -0.2) is 9.18 Å². The minimum atomic E-state index is -1.72. The number of halogens is 1. The van der Waals surface area contributed by atoms with E-state index in [0.717, 1.165) is 57.8 Å². The molecule has 0 bridgehead atoms. The van der Waals surface area contributed by atoms with E-state index in [4.69, 9.17) is 10.2 Å². The second kappa shape index (κ2) is 15.9. The topological polar surface area (TPSA) is 74.6 Å². The first-order valence-corrected chi connectivity index (χ1v) is 11.2. The number of carbonyl (C=O) groups is 2. The first kappa shape index (κ1) is 25.1. The summed E-state index contributed by atoms with van der Waals surface area (Å²) < 4.78 is 13.0. The highest BCUT2D eigenvalue weighted by Crippen LogP contribution is 2.18. The van der Waals surface area contributed by atoms with E-state index in [9.17, 15) is 14.0 Å². The van der Waals surface area contributed by atoms with E-state index >= 15 is 0 Å². The van der Waals surface area contributed by atoms with E-state index in [0.29, 0.717) is 6.42 Å². The van der Waals surface area contributed by atoms with Gasteiger partial charge in [0.25, 0.3) is 0 Å². The zero-order chi connectivity index (χ0) is 21.3. The Labute approximate surface area is 174 Å². The number of hydrogen-bond acceptors (Lipinski definition) is 2. The highest BCUT2D eigenvalue weighted by molar-refractivity contribution is 5.71. The third-order valence-electron chi connectivity index (χ3n) is 5.38. The normalized spacial score (nSPS) is 12.0. The van der Waals surface area contributed by atoms with E-state index in [1.165, 1.54) is 30.4 Å². The first-order chi connectivity index (χ1) is 14.0. The van der Waals surface area contributed by atoms with Crippen LogP contribution in [0.3, 0.4) is 0 Å². The quantitative estimate of drug-likeness (QED) is 0.278. The number of aryl methyl sites for hydroxylation is 2. The maximum Gasteiger partial charge on any atom is 0.338 e. The summed E-state index contributed by atoms with van der Waals surface area (Å²) in [5, 5.41) is 17.2. The minimum Gasteiger partial charge on any atom is -0.481 e. The van der Waals surface area contributed by atoms with Crippen LogP contribution in [0.25, 0.3) is 0 Å². The van der Waals surface area contributed by atoms with Crippen LogP contribution in [0.15, 0.2) is 24.3 Å². The summed E-state index contributed by atoms with van der Waals surface area (Å²) in [7, 11) is 0. The molecule has 0 aliphatic rings. The Balaban J connectivity index is 2.12. The molecule has 0 aromatic heterocycles. The molecule has 4 nitrogen and oxygen atoms in total. The summed E-state index contributed by atoms with van der Waals surface area (Å²) in [5.74, 6) is -2.05. The SMILES string of the molecule is O=C(O)CCCCCCCCc1ccccc1CCCCCCCC(F)C(=O)O. The number of carboxylic acid groups (broad SMARTS) is 2. The molecule has 164 valence electrons. The van der Waals surface area contributed by atoms with Gasteiger partial charge in [-0.2, -0.15) is 0 Å². The molecule has 0 saturated heterocycles. The summed E-state index contributed by atoms with van der Waals surface area (Å²) in [6.45, 7) is 0. The lowest BCUT2D eigenvalue weighted by Crippen LogP contribution is -2.13. The van der Waals surface area contributed by atoms with Crippen LogP contribution in [0.1, 0.15) is 94.6 Å². The van der Waals surface area contributed by atoms with Crippen molar-refractivity contribution in [2.45, 2.75) is 102 Å². The fraction of sp³-hybridized carbons (Fsp3) is 0.667. The van der Waals surface area contributed by atoms with Gasteiger partial charge in [-0.1, -0.05) is 69.2 Å². The molecule has 1 rings (SSSR count). The van der Waals surface area contributed by atoms with Crippen molar-refractivity contribution in [3.8, 4) is 0 Å². The van der Waals surface area contributed by atoms with Crippen LogP contribution in [0, 0.1) is 0 Å². The lowest BCUT2D eigenvalue weighted by atomic mass is 9.96. The van der Waals surface area contributed by atoms with Crippen molar-refractivity contribution in [2.75, 3.05) is 0 Å². The molecular weight excluding hydrogens is 371 g/mol. The van der Waals surface area contributed by atoms with Gasteiger partial charge < -0.3 is 10.2 Å². The third-order valence-corrected chi connectivity index (χ3v) is 5.38. The highest BCUT2D eigenvalue weighted by Gasteiger charge is 2.14. The average molecular weight is 409 g/mol. The van der Waals surface area contributed by atoms with Gasteiger partial charge in [0.15, 0.2) is 6.17 Å². The van der Waals surface area contributed by atoms with Gasteiger partial charge in [-0.3, -0.25) is 4.79 Å². The van der Waals surface area contributed by atoms with Crippen LogP contribution in [0.2, 0.25) is 0 Å². The molecule has 0 heterocycles. The van der Waals surface area contributed by atoms with Crippen LogP contribution >= 0.6 is 0 Å². The zero-order valence-electron chi connectivity index (χ0n) is 17.6. The predicted octanol–water partition coefficient (Wildman–Crippen LogP) is 6.35. The van der Waals surface area contributed by atoms with Crippen LogP contribution in [-0.2, 0) is 22.4 Å². The summed E-state index contributed by atoms with van der Waals surface area (Å²) in [5.41, 5.74) is 2.85. The highest BCUT2D eigenvalue weighted by atomic mass is 19.1. The van der Waals surface area contributed by atoms with E-state index in [-0.39, 0.29) is 12.8 Å². The van der Waals surface area contributed by atoms with Crippen molar-refractivity contribution in [1.29, 1.82) is 0 Å². The van der Waals surface area contributed by atoms with Crippen LogP contribution in [0.4, 0.5) is 4.39 Å². The molecule has 1 atom stereocenters. The fourth-order valence-corrected chi connectivity index (χ4v) is 3.64. The number of benzene rings is 1. The number of rotatable bonds is 18. The Morgan fingerprint density at radius 2 is 1.17 bits per heavy atom. The first-order valence-electron chi connectivity index (χ1n) is 11.2.